The second-order valence-electron chi connectivity index (χ2n) is 6.02. The van der Waals surface area contributed by atoms with Gasteiger partial charge in [-0.05, 0) is 17.4 Å². The van der Waals surface area contributed by atoms with Crippen LogP contribution in [0.2, 0.25) is 0 Å². The number of hydrogen-bond acceptors (Lipinski definition) is 2. The summed E-state index contributed by atoms with van der Waals surface area (Å²) in [6.07, 6.45) is 0.636. The second-order valence-corrected chi connectivity index (χ2v) is 6.02. The summed E-state index contributed by atoms with van der Waals surface area (Å²) in [5.41, 5.74) is 0.954. The van der Waals surface area contributed by atoms with Gasteiger partial charge in [0.25, 0.3) is 0 Å². The Hall–Kier alpha value is -1.84. The van der Waals surface area contributed by atoms with E-state index in [0.717, 1.165) is 5.56 Å². The lowest BCUT2D eigenvalue weighted by atomic mass is 9.82. The van der Waals surface area contributed by atoms with Crippen molar-refractivity contribution in [2.75, 3.05) is 0 Å². The quantitative estimate of drug-likeness (QED) is 0.839. The predicted octanol–water partition coefficient (Wildman–Crippen LogP) is 3.14. The van der Waals surface area contributed by atoms with E-state index in [2.05, 4.69) is 26.1 Å². The highest BCUT2D eigenvalue weighted by molar-refractivity contribution is 5.77. The Morgan fingerprint density at radius 1 is 1.15 bits per heavy atom. The highest BCUT2D eigenvalue weighted by Gasteiger charge is 2.27. The van der Waals surface area contributed by atoms with E-state index in [4.69, 9.17) is 5.11 Å². The Bertz CT molecular complexity index is 449. The maximum atomic E-state index is 12.0. The van der Waals surface area contributed by atoms with Crippen molar-refractivity contribution in [1.29, 1.82) is 0 Å². The van der Waals surface area contributed by atoms with Crippen LogP contribution in [0.1, 0.15) is 51.6 Å². The van der Waals surface area contributed by atoms with Crippen molar-refractivity contribution >= 4 is 11.9 Å². The maximum absolute atomic E-state index is 12.0. The first kappa shape index (κ1) is 16.2. The number of carbonyl (C=O) groups excluding carboxylic acids is 1. The zero-order chi connectivity index (χ0) is 15.2. The van der Waals surface area contributed by atoms with Crippen LogP contribution in [0.15, 0.2) is 30.3 Å². The van der Waals surface area contributed by atoms with E-state index in [1.165, 1.54) is 0 Å². The third kappa shape index (κ3) is 5.43. The molecule has 0 fully saturated rings. The van der Waals surface area contributed by atoms with Crippen molar-refractivity contribution in [3.8, 4) is 0 Å². The number of nitrogens with one attached hydrogen (secondary N) is 1. The minimum absolute atomic E-state index is 0.0267. The molecule has 0 saturated carbocycles. The molecular formula is C16H23NO3. The standard InChI is InChI=1S/C16H23NO3/c1-16(2,3)15(12-8-5-4-6-9-12)17-13(18)10-7-11-14(19)20/h4-6,8-9,15H,7,10-11H2,1-3H3,(H,17,18)(H,19,20). The molecule has 1 atom stereocenters. The molecule has 2 N–H and O–H groups in total. The maximum Gasteiger partial charge on any atom is 0.303 e. The number of hydrogen-bond donors (Lipinski definition) is 2. The topological polar surface area (TPSA) is 66.4 Å². The van der Waals surface area contributed by atoms with Gasteiger partial charge >= 0.3 is 5.97 Å². The van der Waals surface area contributed by atoms with Crippen molar-refractivity contribution in [3.63, 3.8) is 0 Å². The highest BCUT2D eigenvalue weighted by atomic mass is 16.4. The molecule has 110 valence electrons. The monoisotopic (exact) mass is 277 g/mol. The molecule has 1 aromatic carbocycles. The van der Waals surface area contributed by atoms with Crippen molar-refractivity contribution in [2.45, 2.75) is 46.1 Å². The molecule has 1 amide bonds. The van der Waals surface area contributed by atoms with Crippen LogP contribution in [0.5, 0.6) is 0 Å². The molecule has 0 aliphatic rings. The fraction of sp³-hybridized carbons (Fsp3) is 0.500. The molecule has 1 aromatic rings. The Morgan fingerprint density at radius 3 is 2.25 bits per heavy atom. The molecule has 1 rings (SSSR count). The van der Waals surface area contributed by atoms with E-state index >= 15 is 0 Å². The van der Waals surface area contributed by atoms with Crippen molar-refractivity contribution in [2.24, 2.45) is 5.41 Å². The molecular weight excluding hydrogens is 254 g/mol. The first-order valence-corrected chi connectivity index (χ1v) is 6.87. The number of carboxylic acid groups (broad SMARTS) is 1. The molecule has 4 nitrogen and oxygen atoms in total. The summed E-state index contributed by atoms with van der Waals surface area (Å²) < 4.78 is 0. The number of carboxylic acids is 1. The van der Waals surface area contributed by atoms with Crippen LogP contribution in [0.4, 0.5) is 0 Å². The SMILES string of the molecule is CC(C)(C)C(NC(=O)CCCC(=O)O)c1ccccc1. The van der Waals surface area contributed by atoms with Gasteiger partial charge in [-0.25, -0.2) is 0 Å². The van der Waals surface area contributed by atoms with Crippen molar-refractivity contribution in [1.82, 2.24) is 5.32 Å². The van der Waals surface area contributed by atoms with E-state index in [1.54, 1.807) is 0 Å². The fourth-order valence-electron chi connectivity index (χ4n) is 2.08. The molecule has 0 saturated heterocycles. The summed E-state index contributed by atoms with van der Waals surface area (Å²) in [5, 5.41) is 11.6. The van der Waals surface area contributed by atoms with E-state index in [1.807, 2.05) is 30.3 Å². The molecule has 20 heavy (non-hydrogen) atoms. The molecule has 1 unspecified atom stereocenters. The fourth-order valence-corrected chi connectivity index (χ4v) is 2.08. The lowest BCUT2D eigenvalue weighted by molar-refractivity contribution is -0.137. The van der Waals surface area contributed by atoms with Gasteiger partial charge in [0.05, 0.1) is 6.04 Å². The van der Waals surface area contributed by atoms with E-state index in [-0.39, 0.29) is 30.2 Å². The Labute approximate surface area is 120 Å². The van der Waals surface area contributed by atoms with Gasteiger partial charge in [-0.2, -0.15) is 0 Å². The second kappa shape index (κ2) is 7.08. The van der Waals surface area contributed by atoms with Crippen LogP contribution < -0.4 is 5.32 Å². The normalized spacial score (nSPS) is 12.8. The van der Waals surface area contributed by atoms with Crippen molar-refractivity contribution in [3.05, 3.63) is 35.9 Å². The lowest BCUT2D eigenvalue weighted by Gasteiger charge is -2.32. The lowest BCUT2D eigenvalue weighted by Crippen LogP contribution is -2.36. The third-order valence-corrected chi connectivity index (χ3v) is 3.10. The van der Waals surface area contributed by atoms with Crippen LogP contribution in [0.3, 0.4) is 0 Å². The molecule has 0 radical (unpaired) electrons. The van der Waals surface area contributed by atoms with E-state index < -0.39 is 5.97 Å². The van der Waals surface area contributed by atoms with Gasteiger partial charge in [-0.3, -0.25) is 9.59 Å². The van der Waals surface area contributed by atoms with Crippen LogP contribution >= 0.6 is 0 Å². The summed E-state index contributed by atoms with van der Waals surface area (Å²) in [7, 11) is 0. The van der Waals surface area contributed by atoms with Crippen molar-refractivity contribution < 1.29 is 14.7 Å². The summed E-state index contributed by atoms with van der Waals surface area (Å²) in [4.78, 5) is 22.4. The average Bonchev–Trinajstić information content (AvgIpc) is 2.35. The third-order valence-electron chi connectivity index (χ3n) is 3.10. The minimum Gasteiger partial charge on any atom is -0.481 e. The molecule has 0 heterocycles. The molecule has 0 aliphatic carbocycles. The zero-order valence-electron chi connectivity index (χ0n) is 12.3. The van der Waals surface area contributed by atoms with Crippen LogP contribution in [-0.2, 0) is 9.59 Å². The number of carbonyl (C=O) groups is 2. The number of aliphatic carboxylic acids is 1. The van der Waals surface area contributed by atoms with Gasteiger partial charge in [0.1, 0.15) is 0 Å². The first-order chi connectivity index (χ1) is 9.30. The van der Waals surface area contributed by atoms with E-state index in [9.17, 15) is 9.59 Å². The largest absolute Gasteiger partial charge is 0.481 e. The highest BCUT2D eigenvalue weighted by Crippen LogP contribution is 2.32. The zero-order valence-corrected chi connectivity index (χ0v) is 12.3. The summed E-state index contributed by atoms with van der Waals surface area (Å²) in [6, 6.07) is 9.75. The van der Waals surface area contributed by atoms with Crippen LogP contribution in [0, 0.1) is 5.41 Å². The molecule has 0 bridgehead atoms. The number of rotatable bonds is 6. The summed E-state index contributed by atoms with van der Waals surface area (Å²) in [6.45, 7) is 6.21. The molecule has 4 heteroatoms. The number of benzene rings is 1. The average molecular weight is 277 g/mol. The summed E-state index contributed by atoms with van der Waals surface area (Å²) >= 11 is 0. The Kier molecular flexibility index (Phi) is 5.74. The van der Waals surface area contributed by atoms with Gasteiger partial charge in [0.15, 0.2) is 0 Å². The van der Waals surface area contributed by atoms with Gasteiger partial charge in [-0.15, -0.1) is 0 Å². The number of amides is 1. The van der Waals surface area contributed by atoms with Crippen LogP contribution in [0.25, 0.3) is 0 Å². The predicted molar refractivity (Wildman–Crippen MR) is 78.3 cm³/mol. The van der Waals surface area contributed by atoms with Gasteiger partial charge in [-0.1, -0.05) is 51.1 Å². The van der Waals surface area contributed by atoms with Gasteiger partial charge in [0, 0.05) is 12.8 Å². The van der Waals surface area contributed by atoms with Crippen LogP contribution in [-0.4, -0.2) is 17.0 Å². The Balaban J connectivity index is 2.67. The molecule has 0 aromatic heterocycles. The molecule has 0 spiro atoms. The Morgan fingerprint density at radius 2 is 1.75 bits per heavy atom. The smallest absolute Gasteiger partial charge is 0.303 e. The van der Waals surface area contributed by atoms with E-state index in [0.29, 0.717) is 6.42 Å². The van der Waals surface area contributed by atoms with Gasteiger partial charge < -0.3 is 10.4 Å². The molecule has 0 aliphatic heterocycles. The van der Waals surface area contributed by atoms with Gasteiger partial charge in [0.2, 0.25) is 5.91 Å². The first-order valence-electron chi connectivity index (χ1n) is 6.87. The summed E-state index contributed by atoms with van der Waals surface area (Å²) in [5.74, 6) is -0.969. The minimum atomic E-state index is -0.867.